The van der Waals surface area contributed by atoms with Crippen LogP contribution in [0.4, 0.5) is 0 Å². The lowest BCUT2D eigenvalue weighted by atomic mass is 9.91. The maximum absolute atomic E-state index is 10.4. The molecular weight excluding hydrogens is 268 g/mol. The average molecular weight is 283 g/mol. The van der Waals surface area contributed by atoms with E-state index in [1.807, 2.05) is 6.07 Å². The second-order valence-electron chi connectivity index (χ2n) is 4.15. The lowest BCUT2D eigenvalue weighted by Gasteiger charge is -2.22. The zero-order valence-corrected chi connectivity index (χ0v) is 11.2. The first-order chi connectivity index (χ1) is 7.01. The molecular formula is C11H14Cl3NO. The number of hydrogen-bond donors (Lipinski definition) is 2. The molecule has 1 heterocycles. The number of rotatable bonds is 1. The van der Waals surface area contributed by atoms with Crippen molar-refractivity contribution in [2.24, 2.45) is 0 Å². The summed E-state index contributed by atoms with van der Waals surface area (Å²) in [7, 11) is 0. The molecule has 2 N–H and O–H groups in total. The molecule has 1 aromatic carbocycles. The van der Waals surface area contributed by atoms with E-state index in [2.05, 4.69) is 12.2 Å². The van der Waals surface area contributed by atoms with Gasteiger partial charge in [-0.05, 0) is 31.0 Å². The van der Waals surface area contributed by atoms with Crippen molar-refractivity contribution < 1.29 is 5.11 Å². The number of aliphatic hydroxyl groups is 1. The molecule has 1 fully saturated rings. The van der Waals surface area contributed by atoms with Gasteiger partial charge in [0.1, 0.15) is 5.60 Å². The normalized spacial score (nSPS) is 28.9. The van der Waals surface area contributed by atoms with E-state index >= 15 is 0 Å². The molecule has 2 rings (SSSR count). The fourth-order valence-electron chi connectivity index (χ4n) is 2.00. The van der Waals surface area contributed by atoms with E-state index in [1.165, 1.54) is 0 Å². The maximum Gasteiger partial charge on any atom is 0.104 e. The van der Waals surface area contributed by atoms with Crippen LogP contribution >= 0.6 is 35.6 Å². The van der Waals surface area contributed by atoms with Gasteiger partial charge in [0.2, 0.25) is 0 Å². The zero-order chi connectivity index (χ0) is 11.1. The van der Waals surface area contributed by atoms with Gasteiger partial charge in [-0.2, -0.15) is 0 Å². The summed E-state index contributed by atoms with van der Waals surface area (Å²) in [4.78, 5) is 0. The Bertz CT molecular complexity index is 385. The summed E-state index contributed by atoms with van der Waals surface area (Å²) in [6.45, 7) is 2.61. The van der Waals surface area contributed by atoms with Crippen LogP contribution in [0.5, 0.6) is 0 Å². The third-order valence-corrected chi connectivity index (χ3v) is 3.58. The van der Waals surface area contributed by atoms with Crippen LogP contribution < -0.4 is 5.32 Å². The van der Waals surface area contributed by atoms with Crippen molar-refractivity contribution in [3.05, 3.63) is 33.8 Å². The van der Waals surface area contributed by atoms with Crippen molar-refractivity contribution >= 4 is 35.6 Å². The highest BCUT2D eigenvalue weighted by molar-refractivity contribution is 6.42. The molecule has 1 aliphatic heterocycles. The van der Waals surface area contributed by atoms with Crippen LogP contribution in [0.3, 0.4) is 0 Å². The molecule has 1 saturated heterocycles. The van der Waals surface area contributed by atoms with E-state index in [0.717, 1.165) is 5.56 Å². The highest BCUT2D eigenvalue weighted by atomic mass is 35.5. The Morgan fingerprint density at radius 3 is 2.56 bits per heavy atom. The number of β-amino-alcohol motifs (C(OH)–C–C–N with tert-alkyl or cyclic N) is 1. The van der Waals surface area contributed by atoms with Gasteiger partial charge in [0.25, 0.3) is 0 Å². The van der Waals surface area contributed by atoms with Gasteiger partial charge in [-0.3, -0.25) is 0 Å². The second-order valence-corrected chi connectivity index (χ2v) is 4.96. The molecule has 2 atom stereocenters. The van der Waals surface area contributed by atoms with E-state index in [1.54, 1.807) is 12.1 Å². The van der Waals surface area contributed by atoms with Gasteiger partial charge < -0.3 is 10.4 Å². The molecule has 0 spiro atoms. The van der Waals surface area contributed by atoms with Gasteiger partial charge >= 0.3 is 0 Å². The Morgan fingerprint density at radius 1 is 1.38 bits per heavy atom. The first-order valence-corrected chi connectivity index (χ1v) is 5.68. The average Bonchev–Trinajstić information content (AvgIpc) is 2.52. The molecule has 0 radical (unpaired) electrons. The second kappa shape index (κ2) is 5.11. The van der Waals surface area contributed by atoms with E-state index in [0.29, 0.717) is 29.1 Å². The number of halogens is 3. The van der Waals surface area contributed by atoms with Gasteiger partial charge in [-0.1, -0.05) is 29.3 Å². The van der Waals surface area contributed by atoms with Crippen molar-refractivity contribution in [2.45, 2.75) is 25.0 Å². The Balaban J connectivity index is 0.00000128. The van der Waals surface area contributed by atoms with Crippen LogP contribution in [0.1, 0.15) is 18.9 Å². The molecule has 1 aliphatic rings. The summed E-state index contributed by atoms with van der Waals surface area (Å²) in [5.41, 5.74) is 0.0157. The number of benzene rings is 1. The molecule has 90 valence electrons. The molecule has 1 aromatic rings. The lowest BCUT2D eigenvalue weighted by Crippen LogP contribution is -2.28. The molecule has 0 aliphatic carbocycles. The van der Waals surface area contributed by atoms with Gasteiger partial charge in [-0.15, -0.1) is 12.4 Å². The first-order valence-electron chi connectivity index (χ1n) is 4.92. The summed E-state index contributed by atoms with van der Waals surface area (Å²) in [6.07, 6.45) is 0.699. The quantitative estimate of drug-likeness (QED) is 0.830. The van der Waals surface area contributed by atoms with Crippen LogP contribution in [0.2, 0.25) is 10.0 Å². The van der Waals surface area contributed by atoms with Gasteiger partial charge in [0, 0.05) is 12.6 Å². The SMILES string of the molecule is CC1CC(O)(c2ccc(Cl)c(Cl)c2)CN1.Cl. The van der Waals surface area contributed by atoms with E-state index < -0.39 is 5.60 Å². The predicted octanol–water partition coefficient (Wildman–Crippen LogP) is 2.98. The Labute approximate surface area is 111 Å². The zero-order valence-electron chi connectivity index (χ0n) is 8.84. The molecule has 0 amide bonds. The fourth-order valence-corrected chi connectivity index (χ4v) is 2.30. The minimum absolute atomic E-state index is 0. The first kappa shape index (κ1) is 14.1. The molecule has 2 unspecified atom stereocenters. The van der Waals surface area contributed by atoms with E-state index in [9.17, 15) is 5.11 Å². The predicted molar refractivity (Wildman–Crippen MR) is 69.7 cm³/mol. The van der Waals surface area contributed by atoms with Crippen molar-refractivity contribution in [3.63, 3.8) is 0 Å². The van der Waals surface area contributed by atoms with Crippen molar-refractivity contribution in [1.29, 1.82) is 0 Å². The molecule has 0 bridgehead atoms. The topological polar surface area (TPSA) is 32.3 Å². The highest BCUT2D eigenvalue weighted by Gasteiger charge is 2.36. The molecule has 2 nitrogen and oxygen atoms in total. The van der Waals surface area contributed by atoms with Gasteiger partial charge in [-0.25, -0.2) is 0 Å². The van der Waals surface area contributed by atoms with Crippen molar-refractivity contribution in [2.75, 3.05) is 6.54 Å². The Kier molecular flexibility index (Phi) is 4.49. The van der Waals surface area contributed by atoms with Gasteiger partial charge in [0.05, 0.1) is 10.0 Å². The van der Waals surface area contributed by atoms with Crippen LogP contribution in [-0.2, 0) is 5.60 Å². The van der Waals surface area contributed by atoms with Crippen LogP contribution in [-0.4, -0.2) is 17.7 Å². The number of hydrogen-bond acceptors (Lipinski definition) is 2. The minimum Gasteiger partial charge on any atom is -0.384 e. The lowest BCUT2D eigenvalue weighted by molar-refractivity contribution is 0.0565. The standard InChI is InChI=1S/C11H13Cl2NO.ClH/c1-7-5-11(15,6-14-7)8-2-3-9(12)10(13)4-8;/h2-4,7,14-15H,5-6H2,1H3;1H. The summed E-state index contributed by atoms with van der Waals surface area (Å²) in [6, 6.07) is 5.61. The summed E-state index contributed by atoms with van der Waals surface area (Å²) >= 11 is 11.8. The smallest absolute Gasteiger partial charge is 0.104 e. The minimum atomic E-state index is -0.812. The van der Waals surface area contributed by atoms with Gasteiger partial charge in [0.15, 0.2) is 0 Å². The number of nitrogens with one attached hydrogen (secondary N) is 1. The summed E-state index contributed by atoms with van der Waals surface area (Å²) in [5.74, 6) is 0. The Morgan fingerprint density at radius 2 is 2.06 bits per heavy atom. The largest absolute Gasteiger partial charge is 0.384 e. The fraction of sp³-hybridized carbons (Fsp3) is 0.455. The molecule has 0 saturated carbocycles. The summed E-state index contributed by atoms with van der Waals surface area (Å²) < 4.78 is 0. The molecule has 0 aromatic heterocycles. The third-order valence-electron chi connectivity index (χ3n) is 2.84. The van der Waals surface area contributed by atoms with Crippen LogP contribution in [0.15, 0.2) is 18.2 Å². The van der Waals surface area contributed by atoms with E-state index in [4.69, 9.17) is 23.2 Å². The highest BCUT2D eigenvalue weighted by Crippen LogP contribution is 2.33. The maximum atomic E-state index is 10.4. The third kappa shape index (κ3) is 2.63. The monoisotopic (exact) mass is 281 g/mol. The molecule has 5 heteroatoms. The Hall–Kier alpha value is 0.01000. The molecule has 16 heavy (non-hydrogen) atoms. The summed E-state index contributed by atoms with van der Waals surface area (Å²) in [5, 5.41) is 14.6. The van der Waals surface area contributed by atoms with Crippen molar-refractivity contribution in [1.82, 2.24) is 5.32 Å². The van der Waals surface area contributed by atoms with Crippen LogP contribution in [0, 0.1) is 0 Å². The van der Waals surface area contributed by atoms with Crippen molar-refractivity contribution in [3.8, 4) is 0 Å². The van der Waals surface area contributed by atoms with Crippen LogP contribution in [0.25, 0.3) is 0 Å². The van der Waals surface area contributed by atoms with E-state index in [-0.39, 0.29) is 12.4 Å².